The van der Waals surface area contributed by atoms with Crippen molar-refractivity contribution in [2.45, 2.75) is 19.1 Å². The summed E-state index contributed by atoms with van der Waals surface area (Å²) in [5, 5.41) is 30.3. The third-order valence-electron chi connectivity index (χ3n) is 3.39. The van der Waals surface area contributed by atoms with Gasteiger partial charge in [-0.05, 0) is 24.4 Å². The molecule has 1 aromatic heterocycles. The van der Waals surface area contributed by atoms with Gasteiger partial charge in [-0.3, -0.25) is 19.3 Å². The van der Waals surface area contributed by atoms with E-state index in [0.29, 0.717) is 19.5 Å². The van der Waals surface area contributed by atoms with Crippen molar-refractivity contribution in [3.63, 3.8) is 0 Å². The summed E-state index contributed by atoms with van der Waals surface area (Å²) in [5.41, 5.74) is 0. The number of hydrogen-bond donors (Lipinski definition) is 4. The molecule has 1 amide bonds. The van der Waals surface area contributed by atoms with Crippen molar-refractivity contribution in [1.82, 2.24) is 10.2 Å². The van der Waals surface area contributed by atoms with E-state index in [0.717, 1.165) is 4.88 Å². The van der Waals surface area contributed by atoms with Gasteiger partial charge in [-0.25, -0.2) is 0 Å². The van der Waals surface area contributed by atoms with Crippen LogP contribution in [0.2, 0.25) is 0 Å². The van der Waals surface area contributed by atoms with Crippen LogP contribution in [0.4, 0.5) is 0 Å². The standard InChI is InChI=1S/C13H18N2O4S.CH2O2/c16-11-7-15(4-3-10(11)13(18)19)8-12(17)14-6-9-2-1-5-20-9;2-1-3/h1-2,5,10-11,16H,3-4,6-8H2,(H,14,17)(H,18,19);1H,(H,2,3)/t10-,11+;/m0./s1. The minimum absolute atomic E-state index is 0.112. The van der Waals surface area contributed by atoms with Gasteiger partial charge in [0.2, 0.25) is 5.91 Å². The molecule has 0 spiro atoms. The molecule has 1 aliphatic rings. The Bertz CT molecular complexity index is 507. The average molecular weight is 344 g/mol. The van der Waals surface area contributed by atoms with Crippen molar-refractivity contribution in [3.05, 3.63) is 22.4 Å². The van der Waals surface area contributed by atoms with E-state index in [9.17, 15) is 14.7 Å². The molecule has 1 fully saturated rings. The lowest BCUT2D eigenvalue weighted by molar-refractivity contribution is -0.148. The number of likely N-dealkylation sites (tertiary alicyclic amines) is 1. The monoisotopic (exact) mass is 344 g/mol. The molecule has 1 aromatic rings. The Hall–Kier alpha value is -1.97. The smallest absolute Gasteiger partial charge is 0.309 e. The van der Waals surface area contributed by atoms with E-state index in [1.807, 2.05) is 17.5 Å². The molecule has 0 saturated carbocycles. The molecule has 2 heterocycles. The molecule has 0 aliphatic carbocycles. The largest absolute Gasteiger partial charge is 0.483 e. The molecule has 9 heteroatoms. The van der Waals surface area contributed by atoms with E-state index >= 15 is 0 Å². The Labute approximate surface area is 137 Å². The van der Waals surface area contributed by atoms with Gasteiger partial charge in [0.15, 0.2) is 0 Å². The number of aliphatic hydroxyl groups excluding tert-OH is 1. The van der Waals surface area contributed by atoms with Crippen molar-refractivity contribution in [1.29, 1.82) is 0 Å². The summed E-state index contributed by atoms with van der Waals surface area (Å²) in [5.74, 6) is -1.81. The van der Waals surface area contributed by atoms with Crippen LogP contribution in [-0.4, -0.2) is 64.3 Å². The van der Waals surface area contributed by atoms with E-state index in [-0.39, 0.29) is 25.5 Å². The van der Waals surface area contributed by atoms with Crippen LogP contribution in [0.25, 0.3) is 0 Å². The Balaban J connectivity index is 0.000000816. The predicted octanol–water partition coefficient (Wildman–Crippen LogP) is -0.167. The van der Waals surface area contributed by atoms with Crippen molar-refractivity contribution in [2.24, 2.45) is 5.92 Å². The Kier molecular flexibility index (Phi) is 8.23. The van der Waals surface area contributed by atoms with Gasteiger partial charge < -0.3 is 20.6 Å². The van der Waals surface area contributed by atoms with E-state index in [4.69, 9.17) is 15.0 Å². The fourth-order valence-electron chi connectivity index (χ4n) is 2.29. The molecule has 128 valence electrons. The number of nitrogens with one attached hydrogen (secondary N) is 1. The first kappa shape index (κ1) is 19.1. The summed E-state index contributed by atoms with van der Waals surface area (Å²) in [6.07, 6.45) is -0.541. The quantitative estimate of drug-likeness (QED) is 0.546. The molecular weight excluding hydrogens is 324 g/mol. The Morgan fingerprint density at radius 2 is 2.17 bits per heavy atom. The van der Waals surface area contributed by atoms with Gasteiger partial charge in [-0.2, -0.15) is 0 Å². The second-order valence-electron chi connectivity index (χ2n) is 5.00. The van der Waals surface area contributed by atoms with Crippen molar-refractivity contribution >= 4 is 29.7 Å². The van der Waals surface area contributed by atoms with Crippen LogP contribution in [0.15, 0.2) is 17.5 Å². The molecule has 23 heavy (non-hydrogen) atoms. The summed E-state index contributed by atoms with van der Waals surface area (Å²) in [7, 11) is 0. The Morgan fingerprint density at radius 1 is 1.48 bits per heavy atom. The molecule has 2 atom stereocenters. The molecule has 2 rings (SSSR count). The number of β-amino-alcohol motifs (C(OH)–C–C–N with tert-alkyl or cyclic N) is 1. The lowest BCUT2D eigenvalue weighted by Crippen LogP contribution is -2.49. The summed E-state index contributed by atoms with van der Waals surface area (Å²) >= 11 is 1.58. The number of amides is 1. The zero-order valence-electron chi connectivity index (χ0n) is 12.4. The van der Waals surface area contributed by atoms with Crippen LogP contribution in [0.1, 0.15) is 11.3 Å². The van der Waals surface area contributed by atoms with Crippen LogP contribution in [0, 0.1) is 5.92 Å². The zero-order valence-corrected chi connectivity index (χ0v) is 13.2. The van der Waals surface area contributed by atoms with Crippen LogP contribution in [-0.2, 0) is 20.9 Å². The highest BCUT2D eigenvalue weighted by Gasteiger charge is 2.33. The number of thiophene rings is 1. The van der Waals surface area contributed by atoms with E-state index < -0.39 is 18.0 Å². The van der Waals surface area contributed by atoms with E-state index in [1.54, 1.807) is 16.2 Å². The predicted molar refractivity (Wildman–Crippen MR) is 83.0 cm³/mol. The number of piperidine rings is 1. The van der Waals surface area contributed by atoms with Crippen LogP contribution >= 0.6 is 11.3 Å². The first-order chi connectivity index (χ1) is 11.0. The number of carboxylic acid groups (broad SMARTS) is 2. The second-order valence-corrected chi connectivity index (χ2v) is 6.03. The molecule has 4 N–H and O–H groups in total. The summed E-state index contributed by atoms with van der Waals surface area (Å²) in [4.78, 5) is 33.9. The molecule has 1 aliphatic heterocycles. The third kappa shape index (κ3) is 6.76. The van der Waals surface area contributed by atoms with Crippen molar-refractivity contribution < 1.29 is 29.7 Å². The average Bonchev–Trinajstić information content (AvgIpc) is 2.99. The number of aliphatic hydroxyl groups is 1. The highest BCUT2D eigenvalue weighted by atomic mass is 32.1. The van der Waals surface area contributed by atoms with E-state index in [1.165, 1.54) is 0 Å². The highest BCUT2D eigenvalue weighted by molar-refractivity contribution is 7.09. The molecule has 1 saturated heterocycles. The summed E-state index contributed by atoms with van der Waals surface area (Å²) < 4.78 is 0. The first-order valence-corrected chi connectivity index (χ1v) is 7.86. The number of hydrogen-bond acceptors (Lipinski definition) is 6. The highest BCUT2D eigenvalue weighted by Crippen LogP contribution is 2.17. The number of carbonyl (C=O) groups excluding carboxylic acids is 1. The Morgan fingerprint density at radius 3 is 2.70 bits per heavy atom. The van der Waals surface area contributed by atoms with Crippen LogP contribution in [0.3, 0.4) is 0 Å². The zero-order chi connectivity index (χ0) is 17.2. The summed E-state index contributed by atoms with van der Waals surface area (Å²) in [6, 6.07) is 3.88. The number of carbonyl (C=O) groups is 3. The number of aliphatic carboxylic acids is 1. The maximum absolute atomic E-state index is 11.8. The SMILES string of the molecule is O=C(CN1CC[C@H](C(=O)O)[C@H](O)C1)NCc1cccs1.O=CO. The van der Waals surface area contributed by atoms with Crippen molar-refractivity contribution in [2.75, 3.05) is 19.6 Å². The van der Waals surface area contributed by atoms with Crippen LogP contribution < -0.4 is 5.32 Å². The van der Waals surface area contributed by atoms with Gasteiger partial charge in [0.05, 0.1) is 25.1 Å². The lowest BCUT2D eigenvalue weighted by Gasteiger charge is -2.33. The molecule has 0 aromatic carbocycles. The topological polar surface area (TPSA) is 127 Å². The van der Waals surface area contributed by atoms with Gasteiger partial charge >= 0.3 is 5.97 Å². The molecule has 0 radical (unpaired) electrons. The number of carboxylic acids is 1. The fraction of sp³-hybridized carbons (Fsp3) is 0.500. The minimum atomic E-state index is -0.973. The van der Waals surface area contributed by atoms with Gasteiger partial charge in [-0.1, -0.05) is 6.07 Å². The third-order valence-corrected chi connectivity index (χ3v) is 4.27. The normalized spacial score (nSPS) is 20.9. The summed E-state index contributed by atoms with van der Waals surface area (Å²) in [6.45, 7) is 1.18. The van der Waals surface area contributed by atoms with Crippen LogP contribution in [0.5, 0.6) is 0 Å². The molecule has 0 unspecified atom stereocenters. The number of nitrogens with zero attached hydrogens (tertiary/aromatic N) is 1. The van der Waals surface area contributed by atoms with Gasteiger partial charge in [0.25, 0.3) is 6.47 Å². The molecular formula is C14H20N2O6S. The lowest BCUT2D eigenvalue weighted by atomic mass is 9.94. The van der Waals surface area contributed by atoms with Crippen molar-refractivity contribution in [3.8, 4) is 0 Å². The maximum atomic E-state index is 11.8. The van der Waals surface area contributed by atoms with E-state index in [2.05, 4.69) is 5.32 Å². The fourth-order valence-corrected chi connectivity index (χ4v) is 2.93. The minimum Gasteiger partial charge on any atom is -0.483 e. The second kappa shape index (κ2) is 9.93. The number of rotatable bonds is 5. The van der Waals surface area contributed by atoms with Gasteiger partial charge in [-0.15, -0.1) is 11.3 Å². The molecule has 8 nitrogen and oxygen atoms in total. The first-order valence-electron chi connectivity index (χ1n) is 6.98. The van der Waals surface area contributed by atoms with Gasteiger partial charge in [0.1, 0.15) is 0 Å². The van der Waals surface area contributed by atoms with Gasteiger partial charge in [0, 0.05) is 11.4 Å². The molecule has 0 bridgehead atoms. The maximum Gasteiger partial charge on any atom is 0.309 e.